The lowest BCUT2D eigenvalue weighted by atomic mass is 10.2. The Morgan fingerprint density at radius 3 is 2.89 bits per heavy atom. The molecule has 0 radical (unpaired) electrons. The zero-order valence-corrected chi connectivity index (χ0v) is 15.7. The summed E-state index contributed by atoms with van der Waals surface area (Å²) >= 11 is 0. The molecule has 0 atom stereocenters. The summed E-state index contributed by atoms with van der Waals surface area (Å²) in [6.07, 6.45) is 1.38. The van der Waals surface area contributed by atoms with Crippen molar-refractivity contribution < 1.29 is 14.1 Å². The fourth-order valence-corrected chi connectivity index (χ4v) is 2.86. The van der Waals surface area contributed by atoms with Gasteiger partial charge in [0.2, 0.25) is 5.69 Å². The summed E-state index contributed by atoms with van der Waals surface area (Å²) in [6.45, 7) is 8.46. The van der Waals surface area contributed by atoms with Crippen molar-refractivity contribution in [3.63, 3.8) is 0 Å². The highest BCUT2D eigenvalue weighted by Gasteiger charge is 2.22. The number of anilines is 2. The Labute approximate surface area is 157 Å². The van der Waals surface area contributed by atoms with Gasteiger partial charge < -0.3 is 19.5 Å². The highest BCUT2D eigenvalue weighted by atomic mass is 16.5. The molecular weight excluding hydrogens is 346 g/mol. The fourth-order valence-electron chi connectivity index (χ4n) is 2.86. The highest BCUT2D eigenvalue weighted by molar-refractivity contribution is 6.04. The summed E-state index contributed by atoms with van der Waals surface area (Å²) in [6, 6.07) is 8.39. The van der Waals surface area contributed by atoms with Crippen LogP contribution in [-0.2, 0) is 4.74 Å². The number of nitrogens with zero attached hydrogens (tertiary/aromatic N) is 4. The van der Waals surface area contributed by atoms with Gasteiger partial charge >= 0.3 is 5.97 Å². The molecule has 3 rings (SSSR count). The Morgan fingerprint density at radius 1 is 1.30 bits per heavy atom. The molecule has 1 aromatic carbocycles. The van der Waals surface area contributed by atoms with Crippen LogP contribution in [0, 0.1) is 6.92 Å². The third kappa shape index (κ3) is 4.16. The second-order valence-electron chi connectivity index (χ2n) is 6.00. The minimum atomic E-state index is -0.552. The second-order valence-corrected chi connectivity index (χ2v) is 6.00. The van der Waals surface area contributed by atoms with Crippen molar-refractivity contribution in [1.82, 2.24) is 15.1 Å². The second kappa shape index (κ2) is 8.48. The molecular formula is C19H23N5O3. The topological polar surface area (TPSA) is 93.4 Å². The Balaban J connectivity index is 1.75. The van der Waals surface area contributed by atoms with Gasteiger partial charge in [0, 0.05) is 25.3 Å². The SMILES string of the molecule is CCOC(=O)c1noc2ncnc(NCCN(CC)c3cccc(C)c3)c12. The van der Waals surface area contributed by atoms with E-state index in [1.807, 2.05) is 0 Å². The van der Waals surface area contributed by atoms with E-state index in [1.54, 1.807) is 6.92 Å². The first-order valence-electron chi connectivity index (χ1n) is 8.97. The van der Waals surface area contributed by atoms with E-state index in [9.17, 15) is 4.79 Å². The van der Waals surface area contributed by atoms with Crippen LogP contribution in [0.3, 0.4) is 0 Å². The van der Waals surface area contributed by atoms with E-state index in [0.717, 1.165) is 13.1 Å². The number of likely N-dealkylation sites (N-methyl/N-ethyl adjacent to an activating group) is 1. The highest BCUT2D eigenvalue weighted by Crippen LogP contribution is 2.24. The summed E-state index contributed by atoms with van der Waals surface area (Å²) in [4.78, 5) is 22.6. The van der Waals surface area contributed by atoms with E-state index in [1.165, 1.54) is 17.6 Å². The lowest BCUT2D eigenvalue weighted by molar-refractivity contribution is 0.0517. The van der Waals surface area contributed by atoms with Crippen LogP contribution < -0.4 is 10.2 Å². The van der Waals surface area contributed by atoms with Gasteiger partial charge in [-0.1, -0.05) is 17.3 Å². The third-order valence-corrected chi connectivity index (χ3v) is 4.16. The lowest BCUT2D eigenvalue weighted by Gasteiger charge is -2.23. The van der Waals surface area contributed by atoms with E-state index in [2.05, 4.69) is 63.5 Å². The summed E-state index contributed by atoms with van der Waals surface area (Å²) in [7, 11) is 0. The van der Waals surface area contributed by atoms with Crippen molar-refractivity contribution in [2.75, 3.05) is 36.5 Å². The van der Waals surface area contributed by atoms with Gasteiger partial charge in [-0.25, -0.2) is 9.78 Å². The fraction of sp³-hybridized carbons (Fsp3) is 0.368. The molecule has 8 heteroatoms. The van der Waals surface area contributed by atoms with Gasteiger partial charge in [0.05, 0.1) is 6.61 Å². The van der Waals surface area contributed by atoms with Crippen molar-refractivity contribution in [3.8, 4) is 0 Å². The first-order chi connectivity index (χ1) is 13.1. The van der Waals surface area contributed by atoms with E-state index >= 15 is 0 Å². The van der Waals surface area contributed by atoms with Crippen molar-refractivity contribution in [2.24, 2.45) is 0 Å². The molecule has 0 spiro atoms. The minimum Gasteiger partial charge on any atom is -0.461 e. The monoisotopic (exact) mass is 369 g/mol. The zero-order chi connectivity index (χ0) is 19.2. The van der Waals surface area contributed by atoms with E-state index in [-0.39, 0.29) is 18.0 Å². The zero-order valence-electron chi connectivity index (χ0n) is 15.7. The van der Waals surface area contributed by atoms with Gasteiger partial charge in [0.25, 0.3) is 5.71 Å². The lowest BCUT2D eigenvalue weighted by Crippen LogP contribution is -2.29. The van der Waals surface area contributed by atoms with Gasteiger partial charge in [-0.3, -0.25) is 0 Å². The summed E-state index contributed by atoms with van der Waals surface area (Å²) in [5.41, 5.74) is 2.73. The molecule has 0 saturated heterocycles. The molecule has 0 unspecified atom stereocenters. The average Bonchev–Trinajstić information content (AvgIpc) is 3.10. The van der Waals surface area contributed by atoms with Gasteiger partial charge in [-0.05, 0) is 38.5 Å². The molecule has 2 aromatic heterocycles. The van der Waals surface area contributed by atoms with Gasteiger partial charge in [0.1, 0.15) is 17.5 Å². The minimum absolute atomic E-state index is 0.0842. The molecule has 3 aromatic rings. The van der Waals surface area contributed by atoms with Crippen LogP contribution in [0.5, 0.6) is 0 Å². The molecule has 1 N–H and O–H groups in total. The molecule has 27 heavy (non-hydrogen) atoms. The number of fused-ring (bicyclic) bond motifs is 1. The van der Waals surface area contributed by atoms with Crippen molar-refractivity contribution in [3.05, 3.63) is 41.9 Å². The normalized spacial score (nSPS) is 10.8. The van der Waals surface area contributed by atoms with E-state index < -0.39 is 5.97 Å². The molecule has 0 bridgehead atoms. The van der Waals surface area contributed by atoms with Crippen LogP contribution in [0.25, 0.3) is 11.1 Å². The third-order valence-electron chi connectivity index (χ3n) is 4.16. The Hall–Kier alpha value is -3.16. The number of esters is 1. The van der Waals surface area contributed by atoms with Crippen LogP contribution in [-0.4, -0.2) is 47.3 Å². The Bertz CT molecular complexity index is 925. The maximum absolute atomic E-state index is 12.1. The first kappa shape index (κ1) is 18.6. The predicted molar refractivity (Wildman–Crippen MR) is 103 cm³/mol. The maximum atomic E-state index is 12.1. The number of carbonyl (C=O) groups excluding carboxylic acids is 1. The Morgan fingerprint density at radius 2 is 2.15 bits per heavy atom. The molecule has 0 aliphatic carbocycles. The van der Waals surface area contributed by atoms with Crippen molar-refractivity contribution in [2.45, 2.75) is 20.8 Å². The van der Waals surface area contributed by atoms with Crippen LogP contribution in [0.15, 0.2) is 35.1 Å². The molecule has 0 fully saturated rings. The van der Waals surface area contributed by atoms with Gasteiger partial charge in [-0.2, -0.15) is 4.98 Å². The molecule has 142 valence electrons. The van der Waals surface area contributed by atoms with Crippen LogP contribution in [0.1, 0.15) is 29.9 Å². The molecule has 0 aliphatic heterocycles. The molecule has 0 amide bonds. The first-order valence-corrected chi connectivity index (χ1v) is 8.97. The summed E-state index contributed by atoms with van der Waals surface area (Å²) in [5.74, 6) is -0.0476. The molecule has 0 aliphatic rings. The number of aromatic nitrogens is 3. The average molecular weight is 369 g/mol. The molecule has 2 heterocycles. The number of aryl methyl sites for hydroxylation is 1. The molecule has 0 saturated carbocycles. The number of carbonyl (C=O) groups is 1. The predicted octanol–water partition coefficient (Wildman–Crippen LogP) is 3.04. The van der Waals surface area contributed by atoms with E-state index in [0.29, 0.717) is 17.7 Å². The van der Waals surface area contributed by atoms with Crippen LogP contribution in [0.2, 0.25) is 0 Å². The van der Waals surface area contributed by atoms with Gasteiger partial charge in [0.15, 0.2) is 0 Å². The number of nitrogens with one attached hydrogen (secondary N) is 1. The van der Waals surface area contributed by atoms with E-state index in [4.69, 9.17) is 9.26 Å². The Kier molecular flexibility index (Phi) is 5.85. The molecule has 8 nitrogen and oxygen atoms in total. The number of rotatable bonds is 8. The number of hydrogen-bond acceptors (Lipinski definition) is 8. The number of hydrogen-bond donors (Lipinski definition) is 1. The van der Waals surface area contributed by atoms with Crippen molar-refractivity contribution >= 4 is 28.6 Å². The quantitative estimate of drug-likeness (QED) is 0.606. The van der Waals surface area contributed by atoms with Crippen LogP contribution in [0.4, 0.5) is 11.5 Å². The number of benzene rings is 1. The smallest absolute Gasteiger partial charge is 0.361 e. The summed E-state index contributed by atoms with van der Waals surface area (Å²) < 4.78 is 10.2. The standard InChI is InChI=1S/C19H23N5O3/c1-4-24(14-8-6-7-13(3)11-14)10-9-20-17-15-16(19(25)26-5-2)23-27-18(15)22-12-21-17/h6-8,11-12H,4-5,9-10H2,1-3H3,(H,20,21,22). The van der Waals surface area contributed by atoms with Gasteiger partial charge in [-0.15, -0.1) is 0 Å². The van der Waals surface area contributed by atoms with Crippen molar-refractivity contribution in [1.29, 1.82) is 0 Å². The largest absolute Gasteiger partial charge is 0.461 e. The summed E-state index contributed by atoms with van der Waals surface area (Å²) in [5, 5.41) is 7.49. The number of ether oxygens (including phenoxy) is 1. The maximum Gasteiger partial charge on any atom is 0.361 e. The van der Waals surface area contributed by atoms with Crippen LogP contribution >= 0.6 is 0 Å².